The van der Waals surface area contributed by atoms with E-state index in [-0.39, 0.29) is 12.3 Å². The number of nitrogens with one attached hydrogen (secondary N) is 1. The standard InChI is InChI=1S/C18H20ClN5O3/c1-10-12(11(2)24-18(22-10)20-9-21-24)5-6-17(25)23-14-8-15(26-3)13(19)7-16(14)27-4/h7-9H,5-6H2,1-4H3,(H,23,25). The third-order valence-electron chi connectivity index (χ3n) is 4.34. The molecular weight excluding hydrogens is 370 g/mol. The topological polar surface area (TPSA) is 90.6 Å². The predicted octanol–water partition coefficient (Wildman–Crippen LogP) is 2.98. The largest absolute Gasteiger partial charge is 0.495 e. The van der Waals surface area contributed by atoms with Crippen LogP contribution in [0.1, 0.15) is 23.4 Å². The lowest BCUT2D eigenvalue weighted by molar-refractivity contribution is -0.116. The highest BCUT2D eigenvalue weighted by Crippen LogP contribution is 2.35. The number of benzene rings is 1. The van der Waals surface area contributed by atoms with Gasteiger partial charge in [-0.2, -0.15) is 10.1 Å². The highest BCUT2D eigenvalue weighted by molar-refractivity contribution is 6.32. The molecule has 27 heavy (non-hydrogen) atoms. The number of aromatic nitrogens is 4. The van der Waals surface area contributed by atoms with Crippen LogP contribution in [-0.4, -0.2) is 39.7 Å². The van der Waals surface area contributed by atoms with Crippen molar-refractivity contribution in [1.29, 1.82) is 0 Å². The van der Waals surface area contributed by atoms with Crippen LogP contribution in [-0.2, 0) is 11.2 Å². The number of nitrogens with zero attached hydrogens (tertiary/aromatic N) is 4. The van der Waals surface area contributed by atoms with Crippen molar-refractivity contribution in [3.63, 3.8) is 0 Å². The molecule has 0 bridgehead atoms. The van der Waals surface area contributed by atoms with E-state index in [0.29, 0.717) is 34.4 Å². The zero-order valence-corrected chi connectivity index (χ0v) is 16.3. The molecule has 1 amide bonds. The summed E-state index contributed by atoms with van der Waals surface area (Å²) < 4.78 is 12.2. The zero-order chi connectivity index (χ0) is 19.6. The second-order valence-electron chi connectivity index (χ2n) is 5.97. The normalized spacial score (nSPS) is 10.9. The number of fused-ring (bicyclic) bond motifs is 1. The van der Waals surface area contributed by atoms with E-state index in [2.05, 4.69) is 20.4 Å². The number of methoxy groups -OCH3 is 2. The van der Waals surface area contributed by atoms with Gasteiger partial charge >= 0.3 is 0 Å². The zero-order valence-electron chi connectivity index (χ0n) is 15.5. The van der Waals surface area contributed by atoms with Crippen molar-refractivity contribution in [3.05, 3.63) is 40.4 Å². The van der Waals surface area contributed by atoms with Crippen LogP contribution < -0.4 is 14.8 Å². The summed E-state index contributed by atoms with van der Waals surface area (Å²) >= 11 is 6.09. The van der Waals surface area contributed by atoms with Gasteiger partial charge in [-0.25, -0.2) is 9.50 Å². The van der Waals surface area contributed by atoms with Crippen LogP contribution in [0.15, 0.2) is 18.5 Å². The van der Waals surface area contributed by atoms with Crippen LogP contribution in [0.4, 0.5) is 5.69 Å². The Morgan fingerprint density at radius 3 is 2.67 bits per heavy atom. The Labute approximate surface area is 161 Å². The monoisotopic (exact) mass is 389 g/mol. The minimum atomic E-state index is -0.157. The van der Waals surface area contributed by atoms with Crippen molar-refractivity contribution >= 4 is 29.0 Å². The molecule has 3 rings (SSSR count). The number of carbonyl (C=O) groups excluding carboxylic acids is 1. The lowest BCUT2D eigenvalue weighted by Gasteiger charge is -2.14. The van der Waals surface area contributed by atoms with Crippen LogP contribution >= 0.6 is 11.6 Å². The summed E-state index contributed by atoms with van der Waals surface area (Å²) in [7, 11) is 3.03. The van der Waals surface area contributed by atoms with Crippen LogP contribution in [0.25, 0.3) is 5.78 Å². The molecule has 0 aliphatic carbocycles. The molecule has 142 valence electrons. The van der Waals surface area contributed by atoms with Gasteiger partial charge < -0.3 is 14.8 Å². The lowest BCUT2D eigenvalue weighted by atomic mass is 10.1. The van der Waals surface area contributed by atoms with Gasteiger partial charge in [-0.15, -0.1) is 0 Å². The van der Waals surface area contributed by atoms with E-state index >= 15 is 0 Å². The second-order valence-corrected chi connectivity index (χ2v) is 6.38. The minimum absolute atomic E-state index is 0.157. The summed E-state index contributed by atoms with van der Waals surface area (Å²) in [6, 6.07) is 3.24. The van der Waals surface area contributed by atoms with Crippen molar-refractivity contribution in [2.45, 2.75) is 26.7 Å². The number of aryl methyl sites for hydroxylation is 2. The van der Waals surface area contributed by atoms with E-state index in [9.17, 15) is 4.79 Å². The summed E-state index contributed by atoms with van der Waals surface area (Å²) in [6.07, 6.45) is 2.27. The van der Waals surface area contributed by atoms with Crippen LogP contribution in [0.2, 0.25) is 5.02 Å². The number of amides is 1. The number of ether oxygens (including phenoxy) is 2. The van der Waals surface area contributed by atoms with Crippen LogP contribution in [0.3, 0.4) is 0 Å². The van der Waals surface area contributed by atoms with Gasteiger partial charge in [0.05, 0.1) is 24.9 Å². The summed E-state index contributed by atoms with van der Waals surface area (Å²) in [5.41, 5.74) is 3.24. The van der Waals surface area contributed by atoms with Gasteiger partial charge in [0.25, 0.3) is 5.78 Å². The Morgan fingerprint density at radius 1 is 1.22 bits per heavy atom. The van der Waals surface area contributed by atoms with Crippen LogP contribution in [0.5, 0.6) is 11.5 Å². The van der Waals surface area contributed by atoms with Gasteiger partial charge in [0.2, 0.25) is 5.91 Å². The van der Waals surface area contributed by atoms with E-state index < -0.39 is 0 Å². The third kappa shape index (κ3) is 3.80. The highest BCUT2D eigenvalue weighted by atomic mass is 35.5. The molecule has 0 unspecified atom stereocenters. The molecule has 0 aliphatic heterocycles. The van der Waals surface area contributed by atoms with Gasteiger partial charge in [0.1, 0.15) is 17.8 Å². The van der Waals surface area contributed by atoms with Crippen molar-refractivity contribution in [2.75, 3.05) is 19.5 Å². The maximum atomic E-state index is 12.5. The number of hydrogen-bond acceptors (Lipinski definition) is 6. The quantitative estimate of drug-likeness (QED) is 0.697. The van der Waals surface area contributed by atoms with E-state index in [1.165, 1.54) is 20.5 Å². The van der Waals surface area contributed by atoms with Gasteiger partial charge in [-0.3, -0.25) is 4.79 Å². The van der Waals surface area contributed by atoms with Crippen molar-refractivity contribution in [3.8, 4) is 11.5 Å². The Bertz CT molecular complexity index is 1000. The number of rotatable bonds is 6. The fourth-order valence-corrected chi connectivity index (χ4v) is 3.16. The Kier molecular flexibility index (Phi) is 5.46. The van der Waals surface area contributed by atoms with Crippen LogP contribution in [0, 0.1) is 13.8 Å². The molecule has 2 heterocycles. The molecule has 2 aromatic heterocycles. The Balaban J connectivity index is 1.76. The van der Waals surface area contributed by atoms with Crippen molar-refractivity contribution in [2.24, 2.45) is 0 Å². The molecule has 0 saturated carbocycles. The fraction of sp³-hybridized carbons (Fsp3) is 0.333. The molecule has 9 heteroatoms. The number of hydrogen-bond donors (Lipinski definition) is 1. The number of halogens is 1. The molecule has 8 nitrogen and oxygen atoms in total. The lowest BCUT2D eigenvalue weighted by Crippen LogP contribution is -2.15. The maximum absolute atomic E-state index is 12.5. The molecule has 0 aliphatic rings. The first-order valence-corrected chi connectivity index (χ1v) is 8.69. The van der Waals surface area contributed by atoms with E-state index in [4.69, 9.17) is 21.1 Å². The van der Waals surface area contributed by atoms with Gasteiger partial charge in [0, 0.05) is 29.9 Å². The summed E-state index contributed by atoms with van der Waals surface area (Å²) in [4.78, 5) is 21.0. The molecule has 0 saturated heterocycles. The average Bonchev–Trinajstić information content (AvgIpc) is 3.11. The van der Waals surface area contributed by atoms with E-state index in [0.717, 1.165) is 17.0 Å². The van der Waals surface area contributed by atoms with Crippen molar-refractivity contribution < 1.29 is 14.3 Å². The first kappa shape index (κ1) is 18.9. The predicted molar refractivity (Wildman–Crippen MR) is 102 cm³/mol. The molecule has 0 spiro atoms. The SMILES string of the molecule is COc1cc(NC(=O)CCc2c(C)nc3ncnn3c2C)c(OC)cc1Cl. The fourth-order valence-electron chi connectivity index (χ4n) is 2.93. The summed E-state index contributed by atoms with van der Waals surface area (Å²) in [6.45, 7) is 3.85. The third-order valence-corrected chi connectivity index (χ3v) is 4.63. The highest BCUT2D eigenvalue weighted by Gasteiger charge is 2.15. The Morgan fingerprint density at radius 2 is 1.96 bits per heavy atom. The Hall–Kier alpha value is -2.87. The first-order chi connectivity index (χ1) is 12.9. The van der Waals surface area contributed by atoms with Gasteiger partial charge in [-0.1, -0.05) is 11.6 Å². The number of anilines is 1. The van der Waals surface area contributed by atoms with E-state index in [1.54, 1.807) is 16.6 Å². The first-order valence-electron chi connectivity index (χ1n) is 8.31. The summed E-state index contributed by atoms with van der Waals surface area (Å²) in [5, 5.41) is 7.42. The minimum Gasteiger partial charge on any atom is -0.495 e. The molecule has 0 radical (unpaired) electrons. The second kappa shape index (κ2) is 7.79. The number of carbonyl (C=O) groups is 1. The molecule has 0 fully saturated rings. The molecular formula is C18H20ClN5O3. The smallest absolute Gasteiger partial charge is 0.252 e. The molecule has 1 N–H and O–H groups in total. The van der Waals surface area contributed by atoms with Gasteiger partial charge in [-0.05, 0) is 25.8 Å². The van der Waals surface area contributed by atoms with Crippen molar-refractivity contribution in [1.82, 2.24) is 19.6 Å². The molecule has 0 atom stereocenters. The van der Waals surface area contributed by atoms with Gasteiger partial charge in [0.15, 0.2) is 0 Å². The van der Waals surface area contributed by atoms with E-state index in [1.807, 2.05) is 13.8 Å². The average molecular weight is 390 g/mol. The molecule has 3 aromatic rings. The molecule has 1 aromatic carbocycles. The maximum Gasteiger partial charge on any atom is 0.252 e. The summed E-state index contributed by atoms with van der Waals surface area (Å²) in [5.74, 6) is 1.32.